The summed E-state index contributed by atoms with van der Waals surface area (Å²) in [6, 6.07) is 6.39. The van der Waals surface area contributed by atoms with Gasteiger partial charge in [0, 0.05) is 0 Å². The van der Waals surface area contributed by atoms with Crippen molar-refractivity contribution in [1.29, 1.82) is 0 Å². The predicted octanol–water partition coefficient (Wildman–Crippen LogP) is 2.60. The highest BCUT2D eigenvalue weighted by atomic mass is 79.9. The Morgan fingerprint density at radius 2 is 2.30 bits per heavy atom. The third-order valence-corrected chi connectivity index (χ3v) is 3.07. The van der Waals surface area contributed by atoms with Gasteiger partial charge in [-0.25, -0.2) is 9.78 Å². The Kier molecular flexibility index (Phi) is 4.75. The average molecular weight is 340 g/mol. The lowest BCUT2D eigenvalue weighted by molar-refractivity contribution is 0.149. The van der Waals surface area contributed by atoms with Crippen LogP contribution < -0.4 is 10.6 Å². The predicted molar refractivity (Wildman–Crippen MR) is 77.4 cm³/mol. The van der Waals surface area contributed by atoms with Crippen molar-refractivity contribution < 1.29 is 14.3 Å². The van der Waals surface area contributed by atoms with Gasteiger partial charge >= 0.3 is 6.03 Å². The van der Waals surface area contributed by atoms with Crippen LogP contribution in [0.15, 0.2) is 39.5 Å². The van der Waals surface area contributed by atoms with Gasteiger partial charge < -0.3 is 20.2 Å². The van der Waals surface area contributed by atoms with Crippen LogP contribution in [-0.2, 0) is 0 Å². The minimum Gasteiger partial charge on any atom is -0.467 e. The first-order valence-electron chi connectivity index (χ1n) is 5.95. The number of nitrogens with zero attached hydrogens (tertiary/aromatic N) is 1. The van der Waals surface area contributed by atoms with Crippen LogP contribution in [-0.4, -0.2) is 22.7 Å². The number of anilines is 1. The number of aliphatic hydroxyl groups excluding tert-OH is 1. The molecule has 0 aromatic carbocycles. The minimum atomic E-state index is -0.875. The van der Waals surface area contributed by atoms with Crippen molar-refractivity contribution in [1.82, 2.24) is 10.3 Å². The van der Waals surface area contributed by atoms with Crippen LogP contribution in [0.1, 0.15) is 17.6 Å². The fraction of sp³-hybridized carbons (Fsp3) is 0.231. The van der Waals surface area contributed by atoms with Gasteiger partial charge in [-0.2, -0.15) is 0 Å². The molecule has 7 heteroatoms. The number of aliphatic hydroxyl groups is 1. The quantitative estimate of drug-likeness (QED) is 0.747. The number of aromatic nitrogens is 1. The van der Waals surface area contributed by atoms with Gasteiger partial charge in [0.2, 0.25) is 0 Å². The van der Waals surface area contributed by atoms with E-state index in [0.29, 0.717) is 21.7 Å². The molecule has 0 aliphatic heterocycles. The number of carbonyl (C=O) groups is 1. The van der Waals surface area contributed by atoms with Crippen LogP contribution in [0.5, 0.6) is 0 Å². The SMILES string of the molecule is Cc1nc(Br)ccc1NC(=O)NCC(O)c1ccco1. The van der Waals surface area contributed by atoms with Crippen LogP contribution in [0.4, 0.5) is 10.5 Å². The van der Waals surface area contributed by atoms with Gasteiger partial charge in [0.15, 0.2) is 0 Å². The maximum Gasteiger partial charge on any atom is 0.319 e. The van der Waals surface area contributed by atoms with Crippen LogP contribution in [0.3, 0.4) is 0 Å². The van der Waals surface area contributed by atoms with Crippen molar-refractivity contribution in [2.75, 3.05) is 11.9 Å². The van der Waals surface area contributed by atoms with Crippen molar-refractivity contribution in [3.05, 3.63) is 46.6 Å². The van der Waals surface area contributed by atoms with Gasteiger partial charge in [-0.05, 0) is 47.1 Å². The Balaban J connectivity index is 1.86. The molecule has 2 amide bonds. The number of hydrogen-bond acceptors (Lipinski definition) is 4. The number of amides is 2. The van der Waals surface area contributed by atoms with Gasteiger partial charge in [-0.3, -0.25) is 0 Å². The van der Waals surface area contributed by atoms with Crippen molar-refractivity contribution in [2.45, 2.75) is 13.0 Å². The summed E-state index contributed by atoms with van der Waals surface area (Å²) in [5.41, 5.74) is 1.30. The Morgan fingerprint density at radius 1 is 1.50 bits per heavy atom. The highest BCUT2D eigenvalue weighted by Crippen LogP contribution is 2.16. The first-order chi connectivity index (χ1) is 9.56. The lowest BCUT2D eigenvalue weighted by atomic mass is 10.3. The Hall–Kier alpha value is -1.86. The molecule has 0 aliphatic carbocycles. The molecule has 0 saturated heterocycles. The van der Waals surface area contributed by atoms with Crippen molar-refractivity contribution >= 4 is 27.6 Å². The van der Waals surface area contributed by atoms with Crippen molar-refractivity contribution in [3.8, 4) is 0 Å². The molecule has 1 atom stereocenters. The van der Waals surface area contributed by atoms with Gasteiger partial charge in [0.05, 0.1) is 24.2 Å². The van der Waals surface area contributed by atoms with E-state index in [4.69, 9.17) is 4.42 Å². The largest absolute Gasteiger partial charge is 0.467 e. The number of urea groups is 1. The summed E-state index contributed by atoms with van der Waals surface area (Å²) in [6.07, 6.45) is 0.593. The number of halogens is 1. The lowest BCUT2D eigenvalue weighted by Crippen LogP contribution is -2.32. The van der Waals surface area contributed by atoms with E-state index in [-0.39, 0.29) is 6.54 Å². The molecule has 1 unspecified atom stereocenters. The summed E-state index contributed by atoms with van der Waals surface area (Å²) >= 11 is 3.25. The molecule has 2 heterocycles. The zero-order valence-electron chi connectivity index (χ0n) is 10.8. The normalized spacial score (nSPS) is 11.9. The summed E-state index contributed by atoms with van der Waals surface area (Å²) in [6.45, 7) is 1.85. The third-order valence-electron chi connectivity index (χ3n) is 2.63. The van der Waals surface area contributed by atoms with E-state index in [1.165, 1.54) is 6.26 Å². The zero-order chi connectivity index (χ0) is 14.5. The maximum atomic E-state index is 11.7. The molecule has 6 nitrogen and oxygen atoms in total. The number of carbonyl (C=O) groups excluding carboxylic acids is 1. The highest BCUT2D eigenvalue weighted by molar-refractivity contribution is 9.10. The summed E-state index contributed by atoms with van der Waals surface area (Å²) in [5, 5.41) is 15.0. The molecule has 2 aromatic heterocycles. The zero-order valence-corrected chi connectivity index (χ0v) is 12.3. The molecule has 0 radical (unpaired) electrons. The molecule has 0 saturated carbocycles. The smallest absolute Gasteiger partial charge is 0.319 e. The fourth-order valence-electron chi connectivity index (χ4n) is 1.60. The van der Waals surface area contributed by atoms with E-state index in [2.05, 4.69) is 31.5 Å². The molecule has 2 aromatic rings. The standard InChI is InChI=1S/C13H14BrN3O3/c1-8-9(4-5-12(14)16-8)17-13(19)15-7-10(18)11-3-2-6-20-11/h2-6,10,18H,7H2,1H3,(H2,15,17,19). The van der Waals surface area contributed by atoms with Crippen molar-refractivity contribution in [2.24, 2.45) is 0 Å². The molecule has 3 N–H and O–H groups in total. The van der Waals surface area contributed by atoms with Crippen LogP contribution in [0.2, 0.25) is 0 Å². The van der Waals surface area contributed by atoms with E-state index in [1.807, 2.05) is 0 Å². The number of rotatable bonds is 4. The van der Waals surface area contributed by atoms with E-state index in [9.17, 15) is 9.90 Å². The molecule has 0 aliphatic rings. The summed E-state index contributed by atoms with van der Waals surface area (Å²) in [5.74, 6) is 0.409. The first kappa shape index (κ1) is 14.5. The van der Waals surface area contributed by atoms with Crippen LogP contribution >= 0.6 is 15.9 Å². The van der Waals surface area contributed by atoms with Crippen LogP contribution in [0.25, 0.3) is 0 Å². The van der Waals surface area contributed by atoms with Crippen LogP contribution in [0, 0.1) is 6.92 Å². The minimum absolute atomic E-state index is 0.0579. The molecule has 0 spiro atoms. The summed E-state index contributed by atoms with van der Waals surface area (Å²) < 4.78 is 5.74. The van der Waals surface area contributed by atoms with Crippen molar-refractivity contribution in [3.63, 3.8) is 0 Å². The number of furan rings is 1. The first-order valence-corrected chi connectivity index (χ1v) is 6.75. The second-order valence-electron chi connectivity index (χ2n) is 4.13. The molecular weight excluding hydrogens is 326 g/mol. The molecule has 106 valence electrons. The number of hydrogen-bond donors (Lipinski definition) is 3. The second-order valence-corrected chi connectivity index (χ2v) is 4.95. The molecule has 0 bridgehead atoms. The summed E-state index contributed by atoms with van der Waals surface area (Å²) in [4.78, 5) is 15.9. The highest BCUT2D eigenvalue weighted by Gasteiger charge is 2.12. The van der Waals surface area contributed by atoms with E-state index in [0.717, 1.165) is 0 Å². The molecule has 2 rings (SSSR count). The Labute approximate surface area is 124 Å². The van der Waals surface area contributed by atoms with Gasteiger partial charge in [0.25, 0.3) is 0 Å². The maximum absolute atomic E-state index is 11.7. The molecule has 0 fully saturated rings. The van der Waals surface area contributed by atoms with E-state index in [1.54, 1.807) is 31.2 Å². The van der Waals surface area contributed by atoms with E-state index >= 15 is 0 Å². The molecule has 20 heavy (non-hydrogen) atoms. The Bertz CT molecular complexity index is 587. The number of nitrogens with one attached hydrogen (secondary N) is 2. The Morgan fingerprint density at radius 3 is 2.95 bits per heavy atom. The number of pyridine rings is 1. The average Bonchev–Trinajstić information content (AvgIpc) is 2.93. The number of aryl methyl sites for hydroxylation is 1. The summed E-state index contributed by atoms with van der Waals surface area (Å²) in [7, 11) is 0. The third kappa shape index (κ3) is 3.82. The van der Waals surface area contributed by atoms with Gasteiger partial charge in [-0.15, -0.1) is 0 Å². The van der Waals surface area contributed by atoms with Gasteiger partial charge in [0.1, 0.15) is 16.5 Å². The fourth-order valence-corrected chi connectivity index (χ4v) is 2.00. The second kappa shape index (κ2) is 6.53. The molecular formula is C13H14BrN3O3. The van der Waals surface area contributed by atoms with Gasteiger partial charge in [-0.1, -0.05) is 0 Å². The van der Waals surface area contributed by atoms with E-state index < -0.39 is 12.1 Å². The lowest BCUT2D eigenvalue weighted by Gasteiger charge is -2.11. The monoisotopic (exact) mass is 339 g/mol. The topological polar surface area (TPSA) is 87.4 Å².